The van der Waals surface area contributed by atoms with Crippen molar-refractivity contribution in [2.24, 2.45) is 0 Å². The van der Waals surface area contributed by atoms with Crippen molar-refractivity contribution in [2.75, 3.05) is 26.3 Å². The predicted octanol–water partition coefficient (Wildman–Crippen LogP) is 2.02. The molecule has 25 heavy (non-hydrogen) atoms. The maximum Gasteiger partial charge on any atom is 0.223 e. The van der Waals surface area contributed by atoms with Gasteiger partial charge in [-0.2, -0.15) is 0 Å². The molecule has 5 heteroatoms. The number of benzene rings is 2. The molecule has 0 aliphatic rings. The lowest BCUT2D eigenvalue weighted by Gasteiger charge is -2.20. The summed E-state index contributed by atoms with van der Waals surface area (Å²) in [6, 6.07) is 14.0. The first-order valence-electron chi connectivity index (χ1n) is 8.33. The number of aliphatic hydroxyl groups is 2. The van der Waals surface area contributed by atoms with Crippen molar-refractivity contribution in [2.45, 2.75) is 12.8 Å². The number of amides is 1. The molecule has 0 bridgehead atoms. The molecule has 2 aromatic rings. The van der Waals surface area contributed by atoms with E-state index in [2.05, 4.69) is 0 Å². The normalized spacial score (nSPS) is 11.1. The molecule has 0 aromatic heterocycles. The molecule has 0 spiro atoms. The summed E-state index contributed by atoms with van der Waals surface area (Å²) in [6.45, 7) is 0.00410. The second-order valence-corrected chi connectivity index (χ2v) is 5.73. The zero-order chi connectivity index (χ0) is 18.1. The van der Waals surface area contributed by atoms with Gasteiger partial charge in [0.2, 0.25) is 5.91 Å². The van der Waals surface area contributed by atoms with Gasteiger partial charge in [0, 0.05) is 25.9 Å². The van der Waals surface area contributed by atoms with Gasteiger partial charge in [-0.1, -0.05) is 42.5 Å². The van der Waals surface area contributed by atoms with E-state index < -0.39 is 0 Å². The van der Waals surface area contributed by atoms with Crippen LogP contribution in [0, 0.1) is 0 Å². The van der Waals surface area contributed by atoms with E-state index in [1.807, 2.05) is 42.5 Å². The third-order valence-electron chi connectivity index (χ3n) is 3.91. The van der Waals surface area contributed by atoms with Crippen molar-refractivity contribution in [1.82, 2.24) is 4.90 Å². The van der Waals surface area contributed by atoms with Crippen molar-refractivity contribution in [3.8, 4) is 0 Å². The van der Waals surface area contributed by atoms with Crippen molar-refractivity contribution < 1.29 is 19.8 Å². The van der Waals surface area contributed by atoms with Crippen LogP contribution >= 0.6 is 0 Å². The summed E-state index contributed by atoms with van der Waals surface area (Å²) in [5.74, 6) is -0.370. The van der Waals surface area contributed by atoms with Gasteiger partial charge >= 0.3 is 0 Å². The third-order valence-corrected chi connectivity index (χ3v) is 3.91. The number of carbonyl (C=O) groups is 2. The van der Waals surface area contributed by atoms with E-state index in [1.54, 1.807) is 6.08 Å². The summed E-state index contributed by atoms with van der Waals surface area (Å²) < 4.78 is 0. The van der Waals surface area contributed by atoms with Crippen LogP contribution in [0.4, 0.5) is 0 Å². The number of fused-ring (bicyclic) bond motifs is 1. The SMILES string of the molecule is O=C(/C=C/c1ccc2ccccc2c1)CCC(=O)N(CCO)CCO. The van der Waals surface area contributed by atoms with Crippen LogP contribution in [0.15, 0.2) is 48.5 Å². The quantitative estimate of drug-likeness (QED) is 0.684. The number of ketones is 1. The molecule has 2 N–H and O–H groups in total. The molecule has 1 amide bonds. The minimum absolute atomic E-state index is 0.0703. The largest absolute Gasteiger partial charge is 0.395 e. The lowest BCUT2D eigenvalue weighted by Crippen LogP contribution is -2.35. The average molecular weight is 341 g/mol. The van der Waals surface area contributed by atoms with E-state index in [0.29, 0.717) is 0 Å². The van der Waals surface area contributed by atoms with Gasteiger partial charge in [0.1, 0.15) is 0 Å². The van der Waals surface area contributed by atoms with Crippen LogP contribution in [0.25, 0.3) is 16.8 Å². The third kappa shape index (κ3) is 5.81. The fourth-order valence-electron chi connectivity index (χ4n) is 2.57. The van der Waals surface area contributed by atoms with Crippen LogP contribution in [-0.2, 0) is 9.59 Å². The molecule has 0 heterocycles. The van der Waals surface area contributed by atoms with Gasteiger partial charge in [0.15, 0.2) is 5.78 Å². The van der Waals surface area contributed by atoms with E-state index in [9.17, 15) is 9.59 Å². The van der Waals surface area contributed by atoms with Crippen LogP contribution in [-0.4, -0.2) is 53.1 Å². The Balaban J connectivity index is 1.90. The Morgan fingerprint density at radius 1 is 0.920 bits per heavy atom. The van der Waals surface area contributed by atoms with Crippen molar-refractivity contribution in [1.29, 1.82) is 0 Å². The first kappa shape index (κ1) is 18.8. The molecule has 2 aromatic carbocycles. The second kappa shape index (κ2) is 9.71. The van der Waals surface area contributed by atoms with Crippen molar-refractivity contribution in [3.63, 3.8) is 0 Å². The fraction of sp³-hybridized carbons (Fsp3) is 0.300. The Kier molecular flexibility index (Phi) is 7.32. The van der Waals surface area contributed by atoms with Gasteiger partial charge in [-0.05, 0) is 28.5 Å². The standard InChI is InChI=1S/C20H23NO4/c22-13-11-21(12-14-23)20(25)10-9-19(24)8-6-16-5-7-17-3-1-2-4-18(17)15-16/h1-8,15,22-23H,9-14H2/b8-6+. The monoisotopic (exact) mass is 341 g/mol. The Morgan fingerprint density at radius 3 is 2.28 bits per heavy atom. The number of nitrogens with zero attached hydrogens (tertiary/aromatic N) is 1. The van der Waals surface area contributed by atoms with Crippen molar-refractivity contribution in [3.05, 3.63) is 54.1 Å². The molecule has 5 nitrogen and oxygen atoms in total. The van der Waals surface area contributed by atoms with Crippen LogP contribution < -0.4 is 0 Å². The Labute approximate surface area is 147 Å². The molecule has 0 saturated heterocycles. The first-order valence-corrected chi connectivity index (χ1v) is 8.33. The average Bonchev–Trinajstić information content (AvgIpc) is 2.64. The number of carbonyl (C=O) groups excluding carboxylic acids is 2. The van der Waals surface area contributed by atoms with E-state index in [1.165, 1.54) is 11.0 Å². The van der Waals surface area contributed by atoms with E-state index >= 15 is 0 Å². The second-order valence-electron chi connectivity index (χ2n) is 5.73. The summed E-state index contributed by atoms with van der Waals surface area (Å²) in [6.07, 6.45) is 3.41. The highest BCUT2D eigenvalue weighted by Gasteiger charge is 2.13. The maximum atomic E-state index is 12.0. The van der Waals surface area contributed by atoms with Crippen LogP contribution in [0.1, 0.15) is 18.4 Å². The topological polar surface area (TPSA) is 77.8 Å². The van der Waals surface area contributed by atoms with Gasteiger partial charge in [-0.25, -0.2) is 0 Å². The smallest absolute Gasteiger partial charge is 0.223 e. The summed E-state index contributed by atoms with van der Waals surface area (Å²) in [7, 11) is 0. The minimum atomic E-state index is -0.240. The maximum absolute atomic E-state index is 12.0. The number of allylic oxidation sites excluding steroid dienone is 1. The fourth-order valence-corrected chi connectivity index (χ4v) is 2.57. The predicted molar refractivity (Wildman–Crippen MR) is 98.0 cm³/mol. The number of aliphatic hydroxyl groups excluding tert-OH is 2. The summed E-state index contributed by atoms with van der Waals surface area (Å²) in [5, 5.41) is 20.1. The van der Waals surface area contributed by atoms with Crippen LogP contribution in [0.2, 0.25) is 0 Å². The molecule has 2 rings (SSSR count). The summed E-state index contributed by atoms with van der Waals surface area (Å²) in [4.78, 5) is 25.3. The Hall–Kier alpha value is -2.50. The molecule has 132 valence electrons. The summed E-state index contributed by atoms with van der Waals surface area (Å²) in [5.41, 5.74) is 0.931. The molecule has 0 radical (unpaired) electrons. The van der Waals surface area contributed by atoms with Crippen LogP contribution in [0.5, 0.6) is 0 Å². The highest BCUT2D eigenvalue weighted by Crippen LogP contribution is 2.16. The molecule has 0 unspecified atom stereocenters. The van der Waals surface area contributed by atoms with Crippen LogP contribution in [0.3, 0.4) is 0 Å². The lowest BCUT2D eigenvalue weighted by molar-refractivity contribution is -0.133. The molecule has 0 aliphatic carbocycles. The molecule has 0 fully saturated rings. The zero-order valence-corrected chi connectivity index (χ0v) is 14.1. The van der Waals surface area contributed by atoms with Gasteiger partial charge in [0.25, 0.3) is 0 Å². The molecular weight excluding hydrogens is 318 g/mol. The highest BCUT2D eigenvalue weighted by molar-refractivity contribution is 5.96. The van der Waals surface area contributed by atoms with Gasteiger partial charge in [-0.15, -0.1) is 0 Å². The zero-order valence-electron chi connectivity index (χ0n) is 14.1. The van der Waals surface area contributed by atoms with E-state index in [4.69, 9.17) is 10.2 Å². The molecule has 0 aliphatic heterocycles. The van der Waals surface area contributed by atoms with Gasteiger partial charge in [0.05, 0.1) is 13.2 Å². The number of hydrogen-bond acceptors (Lipinski definition) is 4. The molecule has 0 saturated carbocycles. The Morgan fingerprint density at radius 2 is 1.60 bits per heavy atom. The number of rotatable bonds is 9. The summed E-state index contributed by atoms with van der Waals surface area (Å²) >= 11 is 0. The molecular formula is C20H23NO4. The van der Waals surface area contributed by atoms with Crippen molar-refractivity contribution >= 4 is 28.5 Å². The highest BCUT2D eigenvalue weighted by atomic mass is 16.3. The first-order chi connectivity index (χ1) is 12.1. The van der Waals surface area contributed by atoms with Gasteiger partial charge < -0.3 is 15.1 Å². The number of hydrogen-bond donors (Lipinski definition) is 2. The molecule has 0 atom stereocenters. The van der Waals surface area contributed by atoms with Gasteiger partial charge in [-0.3, -0.25) is 9.59 Å². The van der Waals surface area contributed by atoms with E-state index in [-0.39, 0.29) is 50.8 Å². The van der Waals surface area contributed by atoms with E-state index in [0.717, 1.165) is 16.3 Å². The lowest BCUT2D eigenvalue weighted by atomic mass is 10.1. The minimum Gasteiger partial charge on any atom is -0.395 e. The Bertz CT molecular complexity index is 748.